The maximum Gasteiger partial charge on any atom is 0.275 e. The highest BCUT2D eigenvalue weighted by molar-refractivity contribution is 6.30. The van der Waals surface area contributed by atoms with Gasteiger partial charge in [0, 0.05) is 29.7 Å². The molecular weight excluding hydrogens is 540 g/mol. The smallest absolute Gasteiger partial charge is 0.275 e. The summed E-state index contributed by atoms with van der Waals surface area (Å²) in [5.41, 5.74) is 10.0. The number of likely N-dealkylation sites (tertiary alicyclic amines) is 1. The van der Waals surface area contributed by atoms with Crippen molar-refractivity contribution in [3.05, 3.63) is 82.4 Å². The number of benzene rings is 2. The molecule has 2 unspecified atom stereocenters. The van der Waals surface area contributed by atoms with Gasteiger partial charge in [0.05, 0.1) is 36.4 Å². The van der Waals surface area contributed by atoms with Crippen LogP contribution in [-0.4, -0.2) is 51.1 Å². The largest absolute Gasteiger partial charge is 0.445 e. The van der Waals surface area contributed by atoms with Gasteiger partial charge in [-0.15, -0.1) is 0 Å². The van der Waals surface area contributed by atoms with Crippen LogP contribution in [0.15, 0.2) is 54.7 Å². The Kier molecular flexibility index (Phi) is 6.60. The van der Waals surface area contributed by atoms with Crippen molar-refractivity contribution in [1.29, 1.82) is 5.41 Å². The van der Waals surface area contributed by atoms with Crippen LogP contribution in [0.25, 0.3) is 11.0 Å². The minimum atomic E-state index is -0.885. The fraction of sp³-hybridized carbons (Fsp3) is 0.387. The van der Waals surface area contributed by atoms with Crippen LogP contribution in [0.1, 0.15) is 54.7 Å². The number of halogens is 1. The number of amidine groups is 1. The predicted molar refractivity (Wildman–Crippen MR) is 157 cm³/mol. The molecule has 2 aromatic heterocycles. The van der Waals surface area contributed by atoms with Crippen molar-refractivity contribution in [3.63, 3.8) is 0 Å². The van der Waals surface area contributed by atoms with Crippen molar-refractivity contribution in [3.8, 4) is 11.5 Å². The number of fused-ring (bicyclic) bond motifs is 2. The molecule has 3 aliphatic rings. The van der Waals surface area contributed by atoms with Gasteiger partial charge in [0.2, 0.25) is 0 Å². The molecule has 3 N–H and O–H groups in total. The number of nitrogens with one attached hydrogen (secondary N) is 1. The number of hydrogen-bond donors (Lipinski definition) is 2. The lowest BCUT2D eigenvalue weighted by atomic mass is 9.88. The minimum Gasteiger partial charge on any atom is -0.445 e. The highest BCUT2D eigenvalue weighted by atomic mass is 35.5. The molecule has 41 heavy (non-hydrogen) atoms. The van der Waals surface area contributed by atoms with E-state index in [0.29, 0.717) is 16.6 Å². The second kappa shape index (κ2) is 10.3. The van der Waals surface area contributed by atoms with E-state index >= 15 is 0 Å². The van der Waals surface area contributed by atoms with E-state index in [2.05, 4.69) is 26.6 Å². The quantitative estimate of drug-likeness (QED) is 0.232. The second-order valence-electron chi connectivity index (χ2n) is 11.3. The van der Waals surface area contributed by atoms with E-state index in [1.165, 1.54) is 5.56 Å². The van der Waals surface area contributed by atoms with E-state index < -0.39 is 5.79 Å². The number of rotatable bonds is 7. The first-order valence-corrected chi connectivity index (χ1v) is 14.5. The molecule has 2 atom stereocenters. The molecule has 10 heteroatoms. The van der Waals surface area contributed by atoms with Crippen molar-refractivity contribution < 1.29 is 14.2 Å². The monoisotopic (exact) mass is 572 g/mol. The van der Waals surface area contributed by atoms with Gasteiger partial charge in [-0.2, -0.15) is 0 Å². The molecule has 5 heterocycles. The topological polar surface area (TPSA) is 112 Å². The van der Waals surface area contributed by atoms with E-state index in [9.17, 15) is 0 Å². The van der Waals surface area contributed by atoms with E-state index in [0.717, 1.165) is 86.0 Å². The average Bonchev–Trinajstić information content (AvgIpc) is 3.47. The lowest BCUT2D eigenvalue weighted by Gasteiger charge is -2.33. The van der Waals surface area contributed by atoms with Gasteiger partial charge in [-0.1, -0.05) is 23.7 Å². The van der Waals surface area contributed by atoms with Gasteiger partial charge in [-0.3, -0.25) is 15.3 Å². The molecule has 3 aliphatic heterocycles. The normalized spacial score (nSPS) is 22.6. The molecule has 0 saturated carbocycles. The number of aromatic nitrogens is 3. The fourth-order valence-electron chi connectivity index (χ4n) is 6.12. The second-order valence-corrected chi connectivity index (χ2v) is 11.7. The molecular formula is C31H33ClN6O3. The molecule has 2 aromatic carbocycles. The summed E-state index contributed by atoms with van der Waals surface area (Å²) in [5.74, 6) is 2.06. The Morgan fingerprint density at radius 3 is 2.61 bits per heavy atom. The zero-order chi connectivity index (χ0) is 28.1. The number of para-hydroxylation sites is 1. The summed E-state index contributed by atoms with van der Waals surface area (Å²) in [6.45, 7) is 6.16. The van der Waals surface area contributed by atoms with E-state index in [4.69, 9.17) is 41.9 Å². The summed E-state index contributed by atoms with van der Waals surface area (Å²) in [7, 11) is 0. The highest BCUT2D eigenvalue weighted by Crippen LogP contribution is 2.49. The molecule has 0 radical (unpaired) electrons. The molecule has 9 nitrogen and oxygen atoms in total. The van der Waals surface area contributed by atoms with Crippen molar-refractivity contribution in [1.82, 2.24) is 19.4 Å². The fourth-order valence-corrected chi connectivity index (χ4v) is 6.25. The van der Waals surface area contributed by atoms with Crippen molar-refractivity contribution in [2.75, 3.05) is 19.7 Å². The summed E-state index contributed by atoms with van der Waals surface area (Å²) < 4.78 is 20.8. The number of nitrogens with zero attached hydrogens (tertiary/aromatic N) is 4. The summed E-state index contributed by atoms with van der Waals surface area (Å²) in [6.07, 6.45) is 5.06. The van der Waals surface area contributed by atoms with Gasteiger partial charge in [-0.25, -0.2) is 4.98 Å². The Bertz CT molecular complexity index is 1610. The SMILES string of the molecule is CC1(c2ccc(Cl)cc2)Oc2cccc(C3CCN(Cc4nc5cc(C(=N)N)ncc5n4CC4CCO4)CC3)c2O1. The van der Waals surface area contributed by atoms with Crippen molar-refractivity contribution in [2.24, 2.45) is 5.73 Å². The zero-order valence-corrected chi connectivity index (χ0v) is 23.7. The number of nitrogens with two attached hydrogens (primary N) is 1. The number of pyridine rings is 1. The van der Waals surface area contributed by atoms with Crippen molar-refractivity contribution >= 4 is 28.5 Å². The maximum absolute atomic E-state index is 7.77. The summed E-state index contributed by atoms with van der Waals surface area (Å²) in [6, 6.07) is 15.7. The van der Waals surface area contributed by atoms with Crippen LogP contribution >= 0.6 is 11.6 Å². The first-order chi connectivity index (χ1) is 19.9. The third-order valence-corrected chi connectivity index (χ3v) is 8.79. The van der Waals surface area contributed by atoms with Crippen LogP contribution in [0.2, 0.25) is 5.02 Å². The number of hydrogen-bond acceptors (Lipinski definition) is 7. The van der Waals surface area contributed by atoms with E-state index in [1.807, 2.05) is 37.3 Å². The third-order valence-electron chi connectivity index (χ3n) is 8.54. The number of ether oxygens (including phenoxy) is 3. The molecule has 212 valence electrons. The van der Waals surface area contributed by atoms with Crippen LogP contribution in [-0.2, 0) is 23.6 Å². The van der Waals surface area contributed by atoms with Gasteiger partial charge < -0.3 is 24.5 Å². The molecule has 0 aliphatic carbocycles. The van der Waals surface area contributed by atoms with Crippen LogP contribution < -0.4 is 15.2 Å². The van der Waals surface area contributed by atoms with Crippen LogP contribution in [0.3, 0.4) is 0 Å². The highest BCUT2D eigenvalue weighted by Gasteiger charge is 2.41. The Morgan fingerprint density at radius 2 is 1.90 bits per heavy atom. The standard InChI is InChI=1S/C31H33ClN6O3/c1-31(20-5-7-21(32)8-6-20)40-27-4-2-3-23(29(27)41-31)19-9-12-37(13-10-19)18-28-36-24-15-25(30(33)34)35-16-26(24)38(28)17-22-11-14-39-22/h2-8,15-16,19,22H,9-14,17-18H2,1H3,(H3,33,34). The van der Waals surface area contributed by atoms with Gasteiger partial charge in [0.15, 0.2) is 11.5 Å². The van der Waals surface area contributed by atoms with Crippen molar-refractivity contribution in [2.45, 2.75) is 57.1 Å². The Hall–Kier alpha value is -3.66. The first kappa shape index (κ1) is 26.3. The number of imidazole rings is 1. The van der Waals surface area contributed by atoms with Gasteiger partial charge in [0.1, 0.15) is 17.4 Å². The van der Waals surface area contributed by atoms with Gasteiger partial charge in [-0.05, 0) is 74.7 Å². The molecule has 0 bridgehead atoms. The molecule has 0 spiro atoms. The Balaban J connectivity index is 1.07. The predicted octanol–water partition coefficient (Wildman–Crippen LogP) is 5.18. The first-order valence-electron chi connectivity index (χ1n) is 14.2. The summed E-state index contributed by atoms with van der Waals surface area (Å²) in [5, 5.41) is 8.45. The molecule has 2 saturated heterocycles. The average molecular weight is 573 g/mol. The third kappa shape index (κ3) is 4.92. The van der Waals surface area contributed by atoms with Gasteiger partial charge >= 0.3 is 0 Å². The van der Waals surface area contributed by atoms with Crippen LogP contribution in [0, 0.1) is 5.41 Å². The van der Waals surface area contributed by atoms with Crippen LogP contribution in [0.4, 0.5) is 0 Å². The lowest BCUT2D eigenvalue weighted by Crippen LogP contribution is -2.35. The van der Waals surface area contributed by atoms with E-state index in [1.54, 1.807) is 12.3 Å². The Morgan fingerprint density at radius 1 is 1.12 bits per heavy atom. The molecule has 0 amide bonds. The number of nitrogen functional groups attached to an aromatic ring is 1. The Labute approximate surface area is 243 Å². The zero-order valence-electron chi connectivity index (χ0n) is 23.0. The number of piperidine rings is 1. The van der Waals surface area contributed by atoms with E-state index in [-0.39, 0.29) is 11.9 Å². The van der Waals surface area contributed by atoms with Crippen LogP contribution in [0.5, 0.6) is 11.5 Å². The molecule has 7 rings (SSSR count). The lowest BCUT2D eigenvalue weighted by molar-refractivity contribution is -0.0685. The summed E-state index contributed by atoms with van der Waals surface area (Å²) in [4.78, 5) is 11.8. The molecule has 4 aromatic rings. The van der Waals surface area contributed by atoms with Gasteiger partial charge in [0.25, 0.3) is 5.79 Å². The minimum absolute atomic E-state index is 0.0531. The maximum atomic E-state index is 7.77. The summed E-state index contributed by atoms with van der Waals surface area (Å²) >= 11 is 6.11. The molecule has 2 fully saturated rings.